The van der Waals surface area contributed by atoms with Crippen molar-refractivity contribution in [3.63, 3.8) is 0 Å². The number of benzene rings is 5. The lowest BCUT2D eigenvalue weighted by atomic mass is 9.76. The number of para-hydroxylation sites is 2. The maximum atomic E-state index is 2.73. The molecule has 0 amide bonds. The number of allylic oxidation sites excluding steroid dienone is 9. The van der Waals surface area contributed by atoms with Crippen LogP contribution in [0.25, 0.3) is 26.8 Å². The van der Waals surface area contributed by atoms with Crippen LogP contribution >= 0.6 is 11.3 Å². The van der Waals surface area contributed by atoms with Gasteiger partial charge in [-0.15, -0.1) is 11.3 Å². The van der Waals surface area contributed by atoms with E-state index in [4.69, 9.17) is 0 Å². The average molecular weight is 838 g/mol. The molecule has 0 bridgehead atoms. The summed E-state index contributed by atoms with van der Waals surface area (Å²) in [6.07, 6.45) is 26.7. The smallest absolute Gasteiger partial charge is 0.0709 e. The van der Waals surface area contributed by atoms with Crippen LogP contribution in [0.1, 0.15) is 56.5 Å². The zero-order valence-corrected chi connectivity index (χ0v) is 37.8. The first-order valence-electron chi connectivity index (χ1n) is 22.9. The van der Waals surface area contributed by atoms with Gasteiger partial charge >= 0.3 is 0 Å². The summed E-state index contributed by atoms with van der Waals surface area (Å²) >= 11 is 1.99. The average Bonchev–Trinajstić information content (AvgIpc) is 3.80. The molecule has 5 aromatic carbocycles. The molecule has 0 N–H and O–H groups in total. The van der Waals surface area contributed by atoms with E-state index in [0.29, 0.717) is 17.8 Å². The van der Waals surface area contributed by atoms with Gasteiger partial charge in [-0.25, -0.2) is 0 Å². The summed E-state index contributed by atoms with van der Waals surface area (Å²) in [6, 6.07) is 45.2. The Balaban J connectivity index is 1.09. The second kappa shape index (κ2) is 15.8. The Hall–Kier alpha value is -6.36. The molecule has 0 spiro atoms. The van der Waals surface area contributed by atoms with Crippen molar-refractivity contribution in [2.24, 2.45) is 23.7 Å². The van der Waals surface area contributed by atoms with Crippen LogP contribution in [0.3, 0.4) is 0 Å². The fourth-order valence-electron chi connectivity index (χ4n) is 11.0. The van der Waals surface area contributed by atoms with Crippen molar-refractivity contribution < 1.29 is 0 Å². The quantitative estimate of drug-likeness (QED) is 0.151. The van der Waals surface area contributed by atoms with Crippen molar-refractivity contribution in [1.82, 2.24) is 0 Å². The number of hydrogen-bond acceptors (Lipinski definition) is 4. The Morgan fingerprint density at radius 2 is 1.27 bits per heavy atom. The molecule has 0 fully saturated rings. The number of anilines is 5. The van der Waals surface area contributed by atoms with Gasteiger partial charge in [0.2, 0.25) is 0 Å². The van der Waals surface area contributed by atoms with Gasteiger partial charge in [0.1, 0.15) is 0 Å². The predicted octanol–water partition coefficient (Wildman–Crippen LogP) is 16.0. The first-order valence-corrected chi connectivity index (χ1v) is 23.7. The van der Waals surface area contributed by atoms with E-state index >= 15 is 0 Å². The van der Waals surface area contributed by atoms with Crippen LogP contribution in [0, 0.1) is 30.6 Å². The molecule has 312 valence electrons. The number of nitrogens with zero attached hydrogens (tertiary/aromatic N) is 3. The standard InChI is InChI=1S/C59H55N3S/c1-39-18-16-24-47(32-39)60(45-20-8-6-9-21-45)49-36-44(37-50(38-49)61(46-22-10-7-11-23-46)48-25-17-19-40(2)33-48)43-29-30-54(41(3)34-43)62-57-42(4)35-52-51-26-12-13-28-55(51)63-58(52)56(57)53-27-14-15-31-59(53,62)5/h6-17,20-34,36-40,42,53H,18-19,35H2,1-5H3. The van der Waals surface area contributed by atoms with Crippen molar-refractivity contribution in [3.05, 3.63) is 215 Å². The Bertz CT molecular complexity index is 2880. The molecule has 5 unspecified atom stereocenters. The molecule has 2 heterocycles. The third-order valence-corrected chi connectivity index (χ3v) is 15.2. The number of fused-ring (bicyclic) bond motifs is 6. The molecular formula is C59H55N3S. The van der Waals surface area contributed by atoms with Gasteiger partial charge in [0, 0.05) is 66.9 Å². The van der Waals surface area contributed by atoms with Crippen LogP contribution in [-0.2, 0) is 6.42 Å². The van der Waals surface area contributed by atoms with Crippen molar-refractivity contribution in [3.8, 4) is 11.1 Å². The van der Waals surface area contributed by atoms with Crippen molar-refractivity contribution in [2.45, 2.75) is 59.4 Å². The first-order chi connectivity index (χ1) is 30.7. The molecule has 4 aliphatic carbocycles. The molecule has 3 nitrogen and oxygen atoms in total. The van der Waals surface area contributed by atoms with Crippen LogP contribution < -0.4 is 14.7 Å². The summed E-state index contributed by atoms with van der Waals surface area (Å²) < 4.78 is 1.40. The summed E-state index contributed by atoms with van der Waals surface area (Å²) in [6.45, 7) is 11.9. The van der Waals surface area contributed by atoms with Gasteiger partial charge in [0.25, 0.3) is 0 Å². The summed E-state index contributed by atoms with van der Waals surface area (Å²) in [5, 5.41) is 1.43. The molecule has 6 aromatic rings. The van der Waals surface area contributed by atoms with Crippen LogP contribution in [0.5, 0.6) is 0 Å². The summed E-state index contributed by atoms with van der Waals surface area (Å²) in [5.74, 6) is 1.56. The van der Waals surface area contributed by atoms with E-state index in [1.807, 2.05) is 11.3 Å². The zero-order chi connectivity index (χ0) is 42.8. The van der Waals surface area contributed by atoms with E-state index in [1.165, 1.54) is 65.6 Å². The molecule has 1 aromatic heterocycles. The molecule has 0 radical (unpaired) electrons. The van der Waals surface area contributed by atoms with E-state index in [1.54, 1.807) is 0 Å². The molecule has 11 rings (SSSR count). The van der Waals surface area contributed by atoms with Crippen LogP contribution in [0.15, 0.2) is 199 Å². The first kappa shape index (κ1) is 39.5. The number of rotatable bonds is 8. The van der Waals surface area contributed by atoms with Crippen molar-refractivity contribution in [2.75, 3.05) is 14.7 Å². The second-order valence-electron chi connectivity index (χ2n) is 18.6. The van der Waals surface area contributed by atoms with E-state index < -0.39 is 0 Å². The van der Waals surface area contributed by atoms with Gasteiger partial charge in [-0.1, -0.05) is 130 Å². The number of thiophene rings is 1. The fraction of sp³-hybridized carbons (Fsp3) is 0.220. The van der Waals surface area contributed by atoms with E-state index in [0.717, 1.165) is 42.0 Å². The molecule has 63 heavy (non-hydrogen) atoms. The molecule has 5 aliphatic rings. The zero-order valence-electron chi connectivity index (χ0n) is 37.0. The summed E-state index contributed by atoms with van der Waals surface area (Å²) in [4.78, 5) is 9.12. The SMILES string of the molecule is Cc1cc(-c2cc(N(C3=CC(C)CC=C3)c3ccccc3)cc(N(C3=CC(C)CC=C3)c3ccccc3)c2)ccc1N1C2=C(c3sc4ccccc4c3CC2C)C2C=CC=CC21C. The van der Waals surface area contributed by atoms with Crippen LogP contribution in [0.2, 0.25) is 0 Å². The Labute approximate surface area is 377 Å². The van der Waals surface area contributed by atoms with Gasteiger partial charge in [-0.3, -0.25) is 0 Å². The van der Waals surface area contributed by atoms with Gasteiger partial charge < -0.3 is 14.7 Å². The minimum Gasteiger partial charge on any atom is -0.334 e. The summed E-state index contributed by atoms with van der Waals surface area (Å²) in [7, 11) is 0. The summed E-state index contributed by atoms with van der Waals surface area (Å²) in [5.41, 5.74) is 16.3. The van der Waals surface area contributed by atoms with Crippen LogP contribution in [-0.4, -0.2) is 5.54 Å². The maximum Gasteiger partial charge on any atom is 0.0709 e. The largest absolute Gasteiger partial charge is 0.334 e. The topological polar surface area (TPSA) is 9.72 Å². The second-order valence-corrected chi connectivity index (χ2v) is 19.6. The lowest BCUT2D eigenvalue weighted by Gasteiger charge is -2.42. The minimum atomic E-state index is -0.214. The molecule has 5 atom stereocenters. The minimum absolute atomic E-state index is 0.214. The Morgan fingerprint density at radius 3 is 1.89 bits per heavy atom. The highest BCUT2D eigenvalue weighted by Crippen LogP contribution is 2.59. The molecular weight excluding hydrogens is 783 g/mol. The highest BCUT2D eigenvalue weighted by molar-refractivity contribution is 7.20. The number of aryl methyl sites for hydroxylation is 1. The highest BCUT2D eigenvalue weighted by Gasteiger charge is 2.52. The van der Waals surface area contributed by atoms with Crippen molar-refractivity contribution >= 4 is 55.4 Å². The van der Waals surface area contributed by atoms with Gasteiger partial charge in [-0.05, 0) is 151 Å². The van der Waals surface area contributed by atoms with E-state index in [-0.39, 0.29) is 11.5 Å². The van der Waals surface area contributed by atoms with Gasteiger partial charge in [-0.2, -0.15) is 0 Å². The molecule has 4 heteroatoms. The van der Waals surface area contributed by atoms with Crippen molar-refractivity contribution in [1.29, 1.82) is 0 Å². The Morgan fingerprint density at radius 1 is 0.651 bits per heavy atom. The monoisotopic (exact) mass is 837 g/mol. The van der Waals surface area contributed by atoms with E-state index in [9.17, 15) is 0 Å². The van der Waals surface area contributed by atoms with E-state index in [2.05, 4.69) is 231 Å². The molecule has 0 saturated heterocycles. The predicted molar refractivity (Wildman–Crippen MR) is 270 cm³/mol. The van der Waals surface area contributed by atoms with Crippen LogP contribution in [0.4, 0.5) is 28.4 Å². The van der Waals surface area contributed by atoms with Gasteiger partial charge in [0.15, 0.2) is 0 Å². The highest BCUT2D eigenvalue weighted by atomic mass is 32.1. The fourth-order valence-corrected chi connectivity index (χ4v) is 12.3. The Kier molecular flexibility index (Phi) is 9.88. The lowest BCUT2D eigenvalue weighted by Crippen LogP contribution is -2.46. The third-order valence-electron chi connectivity index (χ3n) is 13.9. The number of hydrogen-bond donors (Lipinski definition) is 0. The molecule has 0 saturated carbocycles. The molecule has 1 aliphatic heterocycles. The maximum absolute atomic E-state index is 2.73. The lowest BCUT2D eigenvalue weighted by molar-refractivity contribution is 0.496. The third kappa shape index (κ3) is 6.78. The van der Waals surface area contributed by atoms with Gasteiger partial charge in [0.05, 0.1) is 5.54 Å². The normalized spacial score (nSPS) is 23.3.